The van der Waals surface area contributed by atoms with Crippen LogP contribution in [0, 0.1) is 11.3 Å². The zero-order valence-electron chi connectivity index (χ0n) is 11.2. The fourth-order valence-electron chi connectivity index (χ4n) is 1.57. The maximum absolute atomic E-state index is 8.85. The molecule has 0 amide bonds. The van der Waals surface area contributed by atoms with Crippen molar-refractivity contribution in [3.8, 4) is 17.6 Å². The summed E-state index contributed by atoms with van der Waals surface area (Å²) in [5.74, 6) is 1.35. The molecule has 0 saturated carbocycles. The molecule has 0 aliphatic rings. The Labute approximate surface area is 109 Å². The second kappa shape index (κ2) is 7.57. The maximum atomic E-state index is 8.85. The molecular formula is C14H20N2O2. The van der Waals surface area contributed by atoms with Gasteiger partial charge in [-0.2, -0.15) is 5.26 Å². The molecular weight excluding hydrogens is 228 g/mol. The summed E-state index contributed by atoms with van der Waals surface area (Å²) in [6.45, 7) is 7.85. The van der Waals surface area contributed by atoms with E-state index in [9.17, 15) is 0 Å². The van der Waals surface area contributed by atoms with Gasteiger partial charge in [0.05, 0.1) is 6.61 Å². The second-order valence-electron chi connectivity index (χ2n) is 3.85. The third kappa shape index (κ3) is 3.94. The number of nitrogens with one attached hydrogen (secondary N) is 1. The van der Waals surface area contributed by atoms with Crippen LogP contribution < -0.4 is 14.8 Å². The molecule has 0 radical (unpaired) electrons. The van der Waals surface area contributed by atoms with Gasteiger partial charge in [-0.1, -0.05) is 19.1 Å². The van der Waals surface area contributed by atoms with Gasteiger partial charge in [-0.05, 0) is 26.5 Å². The monoisotopic (exact) mass is 248 g/mol. The second-order valence-corrected chi connectivity index (χ2v) is 3.85. The Balaban J connectivity index is 3.00. The Morgan fingerprint density at radius 1 is 1.39 bits per heavy atom. The summed E-state index contributed by atoms with van der Waals surface area (Å²) in [7, 11) is 0. The Morgan fingerprint density at radius 3 is 2.78 bits per heavy atom. The van der Waals surface area contributed by atoms with E-state index >= 15 is 0 Å². The first-order valence-corrected chi connectivity index (χ1v) is 6.24. The predicted molar refractivity (Wildman–Crippen MR) is 70.7 cm³/mol. The highest BCUT2D eigenvalue weighted by Gasteiger charge is 2.13. The number of rotatable bonds is 7. The van der Waals surface area contributed by atoms with Crippen molar-refractivity contribution < 1.29 is 9.47 Å². The highest BCUT2D eigenvalue weighted by Crippen LogP contribution is 2.32. The zero-order valence-corrected chi connectivity index (χ0v) is 11.2. The minimum Gasteiger partial charge on any atom is -0.490 e. The molecule has 1 rings (SSSR count). The third-order valence-corrected chi connectivity index (χ3v) is 2.40. The molecule has 0 saturated heterocycles. The van der Waals surface area contributed by atoms with Crippen LogP contribution in [0.3, 0.4) is 0 Å². The molecule has 0 bridgehead atoms. The van der Waals surface area contributed by atoms with Crippen molar-refractivity contribution in [2.45, 2.75) is 33.4 Å². The van der Waals surface area contributed by atoms with E-state index in [1.54, 1.807) is 6.92 Å². The molecule has 0 aromatic heterocycles. The van der Waals surface area contributed by atoms with Gasteiger partial charge >= 0.3 is 0 Å². The Morgan fingerprint density at radius 2 is 2.17 bits per heavy atom. The number of nitriles is 1. The largest absolute Gasteiger partial charge is 0.490 e. The standard InChI is InChI=1S/C14H20N2O2/c1-4-16-10-12-7-6-8-13(17-5-2)14(12)18-11(3)9-15/h6-8,11,16H,4-5,10H2,1-3H3. The molecule has 1 aromatic carbocycles. The summed E-state index contributed by atoms with van der Waals surface area (Å²) in [6, 6.07) is 7.84. The van der Waals surface area contributed by atoms with Gasteiger partial charge in [-0.25, -0.2) is 0 Å². The van der Waals surface area contributed by atoms with Crippen molar-refractivity contribution in [2.75, 3.05) is 13.2 Å². The molecule has 0 spiro atoms. The first-order chi connectivity index (χ1) is 8.72. The minimum atomic E-state index is -0.494. The van der Waals surface area contributed by atoms with E-state index in [0.29, 0.717) is 24.7 Å². The average Bonchev–Trinajstić information content (AvgIpc) is 2.39. The molecule has 0 aliphatic carbocycles. The molecule has 98 valence electrons. The Kier molecular flexibility index (Phi) is 6.03. The smallest absolute Gasteiger partial charge is 0.181 e. The number of benzene rings is 1. The van der Waals surface area contributed by atoms with Crippen molar-refractivity contribution in [1.82, 2.24) is 5.32 Å². The summed E-state index contributed by atoms with van der Waals surface area (Å²) in [4.78, 5) is 0. The predicted octanol–water partition coefficient (Wildman–Crippen LogP) is 2.49. The normalized spacial score (nSPS) is 11.7. The van der Waals surface area contributed by atoms with Gasteiger partial charge in [0, 0.05) is 12.1 Å². The van der Waals surface area contributed by atoms with Gasteiger partial charge < -0.3 is 14.8 Å². The lowest BCUT2D eigenvalue weighted by molar-refractivity contribution is 0.247. The van der Waals surface area contributed by atoms with Gasteiger partial charge in [-0.3, -0.25) is 0 Å². The summed E-state index contributed by atoms with van der Waals surface area (Å²) in [6.07, 6.45) is -0.494. The van der Waals surface area contributed by atoms with Gasteiger partial charge in [-0.15, -0.1) is 0 Å². The van der Waals surface area contributed by atoms with Gasteiger partial charge in [0.1, 0.15) is 6.07 Å². The van der Waals surface area contributed by atoms with Crippen LogP contribution in [0.5, 0.6) is 11.5 Å². The van der Waals surface area contributed by atoms with Crippen molar-refractivity contribution in [1.29, 1.82) is 5.26 Å². The number of hydrogen-bond acceptors (Lipinski definition) is 4. The van der Waals surface area contributed by atoms with E-state index in [2.05, 4.69) is 11.4 Å². The summed E-state index contributed by atoms with van der Waals surface area (Å²) < 4.78 is 11.2. The Bertz CT molecular complexity index is 413. The van der Waals surface area contributed by atoms with Crippen LogP contribution in [-0.2, 0) is 6.54 Å². The maximum Gasteiger partial charge on any atom is 0.181 e. The molecule has 18 heavy (non-hydrogen) atoms. The zero-order chi connectivity index (χ0) is 13.4. The molecule has 0 aliphatic heterocycles. The number of para-hydroxylation sites is 1. The van der Waals surface area contributed by atoms with E-state index in [0.717, 1.165) is 12.1 Å². The molecule has 1 N–H and O–H groups in total. The minimum absolute atomic E-state index is 0.494. The first-order valence-electron chi connectivity index (χ1n) is 6.24. The topological polar surface area (TPSA) is 54.3 Å². The molecule has 1 unspecified atom stereocenters. The van der Waals surface area contributed by atoms with Crippen LogP contribution in [0.15, 0.2) is 18.2 Å². The van der Waals surface area contributed by atoms with E-state index in [1.807, 2.05) is 32.0 Å². The van der Waals surface area contributed by atoms with Gasteiger partial charge in [0.2, 0.25) is 0 Å². The van der Waals surface area contributed by atoms with Crippen molar-refractivity contribution in [2.24, 2.45) is 0 Å². The average molecular weight is 248 g/mol. The first kappa shape index (κ1) is 14.3. The van der Waals surface area contributed by atoms with Crippen molar-refractivity contribution >= 4 is 0 Å². The third-order valence-electron chi connectivity index (χ3n) is 2.40. The number of nitrogens with zero attached hydrogens (tertiary/aromatic N) is 1. The van der Waals surface area contributed by atoms with Crippen molar-refractivity contribution in [3.63, 3.8) is 0 Å². The van der Waals surface area contributed by atoms with Gasteiger partial charge in [0.15, 0.2) is 17.6 Å². The quantitative estimate of drug-likeness (QED) is 0.805. The summed E-state index contributed by atoms with van der Waals surface area (Å²) in [5, 5.41) is 12.1. The molecule has 1 atom stereocenters. The number of hydrogen-bond donors (Lipinski definition) is 1. The van der Waals surface area contributed by atoms with E-state index in [1.165, 1.54) is 0 Å². The molecule has 4 heteroatoms. The fraction of sp³-hybridized carbons (Fsp3) is 0.500. The molecule has 0 fully saturated rings. The van der Waals surface area contributed by atoms with Crippen molar-refractivity contribution in [3.05, 3.63) is 23.8 Å². The van der Waals surface area contributed by atoms with E-state index in [-0.39, 0.29) is 0 Å². The van der Waals surface area contributed by atoms with E-state index < -0.39 is 6.10 Å². The molecule has 1 aromatic rings. The van der Waals surface area contributed by atoms with Crippen LogP contribution in [0.1, 0.15) is 26.3 Å². The highest BCUT2D eigenvalue weighted by atomic mass is 16.5. The van der Waals surface area contributed by atoms with E-state index in [4.69, 9.17) is 14.7 Å². The molecule has 0 heterocycles. The van der Waals surface area contributed by atoms with Crippen LogP contribution >= 0.6 is 0 Å². The SMILES string of the molecule is CCNCc1cccc(OCC)c1OC(C)C#N. The number of ether oxygens (including phenoxy) is 2. The van der Waals surface area contributed by atoms with Crippen LogP contribution in [-0.4, -0.2) is 19.3 Å². The van der Waals surface area contributed by atoms with Crippen LogP contribution in [0.2, 0.25) is 0 Å². The summed E-state index contributed by atoms with van der Waals surface area (Å²) >= 11 is 0. The fourth-order valence-corrected chi connectivity index (χ4v) is 1.57. The van der Waals surface area contributed by atoms with Crippen LogP contribution in [0.4, 0.5) is 0 Å². The highest BCUT2D eigenvalue weighted by molar-refractivity contribution is 5.47. The lowest BCUT2D eigenvalue weighted by Gasteiger charge is -2.17. The van der Waals surface area contributed by atoms with Gasteiger partial charge in [0.25, 0.3) is 0 Å². The van der Waals surface area contributed by atoms with Crippen LogP contribution in [0.25, 0.3) is 0 Å². The Hall–Kier alpha value is -1.73. The summed E-state index contributed by atoms with van der Waals surface area (Å²) in [5.41, 5.74) is 1.00. The molecule has 4 nitrogen and oxygen atoms in total. The lowest BCUT2D eigenvalue weighted by atomic mass is 10.1. The lowest BCUT2D eigenvalue weighted by Crippen LogP contribution is -2.16.